The highest BCUT2D eigenvalue weighted by Gasteiger charge is 2.08. The standard InChI is InChI=1S/C7H18N2O3S/c1-6(2)7(10)5-9-3-4-13(8,11)12/h6-7,9-10H,3-5H2,1-2H3,(H2,8,11,12). The fourth-order valence-electron chi connectivity index (χ4n) is 0.700. The van der Waals surface area contributed by atoms with Crippen LogP contribution in [-0.4, -0.2) is 38.5 Å². The lowest BCUT2D eigenvalue weighted by molar-refractivity contribution is 0.124. The Morgan fingerprint density at radius 1 is 1.46 bits per heavy atom. The first-order valence-corrected chi connectivity index (χ1v) is 5.93. The maximum Gasteiger partial charge on any atom is 0.210 e. The van der Waals surface area contributed by atoms with Crippen molar-refractivity contribution in [3.8, 4) is 0 Å². The second kappa shape index (κ2) is 5.54. The van der Waals surface area contributed by atoms with E-state index in [1.807, 2.05) is 13.8 Å². The Labute approximate surface area is 79.4 Å². The number of rotatable bonds is 6. The largest absolute Gasteiger partial charge is 0.392 e. The van der Waals surface area contributed by atoms with Gasteiger partial charge in [-0.05, 0) is 5.92 Å². The molecule has 0 radical (unpaired) electrons. The second-order valence-corrected chi connectivity index (χ2v) is 5.12. The van der Waals surface area contributed by atoms with Crippen molar-refractivity contribution in [1.82, 2.24) is 5.32 Å². The van der Waals surface area contributed by atoms with Gasteiger partial charge in [0.15, 0.2) is 0 Å². The van der Waals surface area contributed by atoms with Crippen molar-refractivity contribution >= 4 is 10.0 Å². The molecule has 6 heteroatoms. The number of nitrogens with two attached hydrogens (primary N) is 1. The number of aliphatic hydroxyl groups is 1. The molecule has 0 spiro atoms. The molecule has 0 amide bonds. The zero-order valence-corrected chi connectivity index (χ0v) is 8.84. The Morgan fingerprint density at radius 2 is 2.00 bits per heavy atom. The van der Waals surface area contributed by atoms with Gasteiger partial charge < -0.3 is 10.4 Å². The Morgan fingerprint density at radius 3 is 2.38 bits per heavy atom. The van der Waals surface area contributed by atoms with Crippen LogP contribution >= 0.6 is 0 Å². The van der Waals surface area contributed by atoms with Gasteiger partial charge in [-0.3, -0.25) is 0 Å². The Bertz CT molecular complexity index is 226. The minimum atomic E-state index is -3.39. The first-order chi connectivity index (χ1) is 5.83. The number of hydrogen-bond donors (Lipinski definition) is 3. The average Bonchev–Trinajstić information content (AvgIpc) is 1.95. The molecule has 0 aliphatic carbocycles. The second-order valence-electron chi connectivity index (χ2n) is 3.38. The maximum atomic E-state index is 10.5. The van der Waals surface area contributed by atoms with Gasteiger partial charge in [0.1, 0.15) is 0 Å². The molecule has 0 fully saturated rings. The van der Waals surface area contributed by atoms with Crippen LogP contribution in [-0.2, 0) is 10.0 Å². The predicted octanol–water partition coefficient (Wildman–Crippen LogP) is -1.12. The summed E-state index contributed by atoms with van der Waals surface area (Å²) >= 11 is 0. The molecule has 0 bridgehead atoms. The highest BCUT2D eigenvalue weighted by atomic mass is 32.2. The zero-order valence-electron chi connectivity index (χ0n) is 8.03. The molecule has 1 atom stereocenters. The third-order valence-electron chi connectivity index (χ3n) is 1.69. The lowest BCUT2D eigenvalue weighted by Crippen LogP contribution is -2.34. The number of aliphatic hydroxyl groups excluding tert-OH is 1. The van der Waals surface area contributed by atoms with Gasteiger partial charge in [0.2, 0.25) is 10.0 Å². The molecule has 0 saturated carbocycles. The zero-order chi connectivity index (χ0) is 10.5. The summed E-state index contributed by atoms with van der Waals surface area (Å²) in [6, 6.07) is 0. The Kier molecular flexibility index (Phi) is 5.46. The lowest BCUT2D eigenvalue weighted by atomic mass is 10.1. The van der Waals surface area contributed by atoms with Crippen molar-refractivity contribution in [3.05, 3.63) is 0 Å². The van der Waals surface area contributed by atoms with Gasteiger partial charge in [0.05, 0.1) is 11.9 Å². The summed E-state index contributed by atoms with van der Waals surface area (Å²) in [7, 11) is -3.39. The quantitative estimate of drug-likeness (QED) is 0.484. The van der Waals surface area contributed by atoms with E-state index in [4.69, 9.17) is 5.14 Å². The SMILES string of the molecule is CC(C)C(O)CNCCS(N)(=O)=O. The van der Waals surface area contributed by atoms with Crippen molar-refractivity contribution in [2.24, 2.45) is 11.1 Å². The normalized spacial score (nSPS) is 14.8. The summed E-state index contributed by atoms with van der Waals surface area (Å²) in [4.78, 5) is 0. The van der Waals surface area contributed by atoms with Crippen LogP contribution in [0.15, 0.2) is 0 Å². The Balaban J connectivity index is 3.47. The van der Waals surface area contributed by atoms with E-state index in [0.717, 1.165) is 0 Å². The Hall–Kier alpha value is -0.170. The number of primary sulfonamides is 1. The molecule has 80 valence electrons. The van der Waals surface area contributed by atoms with Crippen molar-refractivity contribution < 1.29 is 13.5 Å². The van der Waals surface area contributed by atoms with Crippen LogP contribution in [0.1, 0.15) is 13.8 Å². The van der Waals surface area contributed by atoms with Crippen LogP contribution in [0.3, 0.4) is 0 Å². The fraction of sp³-hybridized carbons (Fsp3) is 1.00. The van der Waals surface area contributed by atoms with E-state index in [-0.39, 0.29) is 18.2 Å². The number of sulfonamides is 1. The number of hydrogen-bond acceptors (Lipinski definition) is 4. The summed E-state index contributed by atoms with van der Waals surface area (Å²) in [5.41, 5.74) is 0. The lowest BCUT2D eigenvalue weighted by Gasteiger charge is -2.14. The molecule has 0 aromatic heterocycles. The molecule has 0 rings (SSSR count). The maximum absolute atomic E-state index is 10.5. The van der Waals surface area contributed by atoms with Gasteiger partial charge in [-0.15, -0.1) is 0 Å². The molecular formula is C7H18N2O3S. The molecule has 13 heavy (non-hydrogen) atoms. The summed E-state index contributed by atoms with van der Waals surface area (Å²) in [6.07, 6.45) is -0.444. The van der Waals surface area contributed by atoms with Crippen LogP contribution in [0.2, 0.25) is 0 Å². The van der Waals surface area contributed by atoms with Gasteiger partial charge in [-0.1, -0.05) is 13.8 Å². The molecule has 0 saturated heterocycles. The molecule has 0 heterocycles. The smallest absolute Gasteiger partial charge is 0.210 e. The molecule has 0 aliphatic rings. The van der Waals surface area contributed by atoms with E-state index in [1.165, 1.54) is 0 Å². The first-order valence-electron chi connectivity index (χ1n) is 4.22. The van der Waals surface area contributed by atoms with Crippen LogP contribution < -0.4 is 10.5 Å². The van der Waals surface area contributed by atoms with Crippen molar-refractivity contribution in [1.29, 1.82) is 0 Å². The average molecular weight is 210 g/mol. The van der Waals surface area contributed by atoms with E-state index in [2.05, 4.69) is 5.32 Å². The summed E-state index contributed by atoms with van der Waals surface area (Å²) in [5, 5.41) is 16.9. The van der Waals surface area contributed by atoms with Crippen LogP contribution in [0.25, 0.3) is 0 Å². The van der Waals surface area contributed by atoms with E-state index in [1.54, 1.807) is 0 Å². The minimum absolute atomic E-state index is 0.0994. The monoisotopic (exact) mass is 210 g/mol. The van der Waals surface area contributed by atoms with Crippen LogP contribution in [0, 0.1) is 5.92 Å². The van der Waals surface area contributed by atoms with E-state index in [9.17, 15) is 13.5 Å². The third kappa shape index (κ3) is 8.17. The van der Waals surface area contributed by atoms with Crippen LogP contribution in [0.4, 0.5) is 0 Å². The van der Waals surface area contributed by atoms with Crippen molar-refractivity contribution in [2.75, 3.05) is 18.8 Å². The molecule has 0 aliphatic heterocycles. The molecule has 0 aromatic rings. The van der Waals surface area contributed by atoms with Crippen molar-refractivity contribution in [3.63, 3.8) is 0 Å². The van der Waals surface area contributed by atoms with Crippen LogP contribution in [0.5, 0.6) is 0 Å². The molecule has 5 nitrogen and oxygen atoms in total. The van der Waals surface area contributed by atoms with Gasteiger partial charge in [-0.2, -0.15) is 0 Å². The van der Waals surface area contributed by atoms with E-state index in [0.29, 0.717) is 6.54 Å². The third-order valence-corrected chi connectivity index (χ3v) is 2.46. The van der Waals surface area contributed by atoms with E-state index >= 15 is 0 Å². The molecule has 0 aromatic carbocycles. The number of nitrogens with one attached hydrogen (secondary N) is 1. The van der Waals surface area contributed by atoms with E-state index < -0.39 is 16.1 Å². The minimum Gasteiger partial charge on any atom is -0.392 e. The fourth-order valence-corrected chi connectivity index (χ4v) is 1.13. The molecule has 1 unspecified atom stereocenters. The van der Waals surface area contributed by atoms with Gasteiger partial charge in [0.25, 0.3) is 0 Å². The predicted molar refractivity (Wildman–Crippen MR) is 51.7 cm³/mol. The summed E-state index contributed by atoms with van der Waals surface area (Å²) < 4.78 is 21.0. The van der Waals surface area contributed by atoms with Gasteiger partial charge >= 0.3 is 0 Å². The van der Waals surface area contributed by atoms with Gasteiger partial charge in [-0.25, -0.2) is 13.6 Å². The van der Waals surface area contributed by atoms with Crippen molar-refractivity contribution in [2.45, 2.75) is 20.0 Å². The highest BCUT2D eigenvalue weighted by molar-refractivity contribution is 7.89. The molecule has 4 N–H and O–H groups in total. The topological polar surface area (TPSA) is 92.4 Å². The first kappa shape index (κ1) is 12.8. The summed E-state index contributed by atoms with van der Waals surface area (Å²) in [5.74, 6) is 0.0691. The van der Waals surface area contributed by atoms with Gasteiger partial charge in [0, 0.05) is 13.1 Å². The highest BCUT2D eigenvalue weighted by Crippen LogP contribution is 1.98. The summed E-state index contributed by atoms with van der Waals surface area (Å²) in [6.45, 7) is 4.47. The molecular weight excluding hydrogens is 192 g/mol.